The van der Waals surface area contributed by atoms with E-state index in [1.807, 2.05) is 0 Å². The van der Waals surface area contributed by atoms with E-state index >= 15 is 0 Å². The molecule has 5 rings (SSSR count). The average Bonchev–Trinajstić information content (AvgIpc) is 3.35. The molecule has 0 aromatic heterocycles. The summed E-state index contributed by atoms with van der Waals surface area (Å²) >= 11 is 0. The lowest BCUT2D eigenvalue weighted by Crippen LogP contribution is -2.68. The van der Waals surface area contributed by atoms with Crippen LogP contribution in [0.1, 0.15) is 54.4 Å². The second kappa shape index (κ2) is 8.82. The second-order valence-electron chi connectivity index (χ2n) is 11.1. The first-order valence-corrected chi connectivity index (χ1v) is 12.8. The number of hydrogen-bond acceptors (Lipinski definition) is 10. The predicted octanol–water partition coefficient (Wildman–Crippen LogP) is 1.01. The van der Waals surface area contributed by atoms with Crippen molar-refractivity contribution in [2.24, 2.45) is 17.6 Å². The van der Waals surface area contributed by atoms with Gasteiger partial charge in [0.15, 0.2) is 11.4 Å². The third-order valence-electron chi connectivity index (χ3n) is 8.85. The van der Waals surface area contributed by atoms with Crippen molar-refractivity contribution < 1.29 is 39.9 Å². The number of amides is 1. The molecular formula is C27H33N3O8. The number of primary amides is 1. The number of Topliss-reactive ketones (excluding diaryl/α,β-unsaturated/α-hetero) is 2. The normalized spacial score (nSPS) is 33.4. The minimum absolute atomic E-state index is 0.0894. The molecule has 11 heteroatoms. The number of phenols is 1. The van der Waals surface area contributed by atoms with E-state index in [-0.39, 0.29) is 17.4 Å². The number of fused-ring (bicyclic) bond motifs is 3. The van der Waals surface area contributed by atoms with Gasteiger partial charge in [-0.25, -0.2) is 0 Å². The maximum absolute atomic E-state index is 13.9. The van der Waals surface area contributed by atoms with Crippen LogP contribution < -0.4 is 11.1 Å². The van der Waals surface area contributed by atoms with E-state index in [1.165, 1.54) is 19.0 Å². The summed E-state index contributed by atoms with van der Waals surface area (Å²) < 4.78 is 0. The van der Waals surface area contributed by atoms with Gasteiger partial charge in [-0.15, -0.1) is 0 Å². The van der Waals surface area contributed by atoms with Crippen molar-refractivity contribution in [1.29, 1.82) is 0 Å². The van der Waals surface area contributed by atoms with Gasteiger partial charge >= 0.3 is 0 Å². The minimum atomic E-state index is -2.92. The summed E-state index contributed by atoms with van der Waals surface area (Å²) in [4.78, 5) is 40.8. The molecule has 6 atom stereocenters. The van der Waals surface area contributed by atoms with Gasteiger partial charge in [0, 0.05) is 17.5 Å². The fourth-order valence-corrected chi connectivity index (χ4v) is 7.03. The van der Waals surface area contributed by atoms with Gasteiger partial charge in [-0.05, 0) is 44.5 Å². The van der Waals surface area contributed by atoms with Crippen LogP contribution in [0.3, 0.4) is 0 Å². The highest BCUT2D eigenvalue weighted by Crippen LogP contribution is 2.56. The van der Waals surface area contributed by atoms with Crippen LogP contribution in [0, 0.1) is 11.8 Å². The minimum Gasteiger partial charge on any atom is -0.510 e. The van der Waals surface area contributed by atoms with Gasteiger partial charge in [-0.3, -0.25) is 19.3 Å². The largest absolute Gasteiger partial charge is 0.510 e. The Kier molecular flexibility index (Phi) is 6.08. The van der Waals surface area contributed by atoms with Gasteiger partial charge in [-0.1, -0.05) is 25.8 Å². The van der Waals surface area contributed by atoms with Gasteiger partial charge in [-0.2, -0.15) is 0 Å². The molecule has 1 amide bonds. The lowest BCUT2D eigenvalue weighted by molar-refractivity contribution is -0.162. The number of aromatic hydroxyl groups is 1. The number of nitrogens with one attached hydrogen (secondary N) is 1. The number of likely N-dealkylation sites (N-methyl/N-ethyl adjacent to an activating group) is 1. The Labute approximate surface area is 219 Å². The lowest BCUT2D eigenvalue weighted by atomic mass is 9.55. The van der Waals surface area contributed by atoms with Crippen molar-refractivity contribution in [1.82, 2.24) is 4.90 Å². The number of benzene rings is 1. The Morgan fingerprint density at radius 2 is 1.76 bits per heavy atom. The standard InChI is InChI=1S/C27H33N3O8/c1-10-12-8-9-13(29-11-6-4-5-7-11)20(31)15(12)21(32)16-14(10)22(33)18-19(30(2)3)23(34)17(26(28)37)25(36)27(18,38)24(16)35/h8-11,14,18-19,22,29,31,33-35,38H,4-7H2,1-3H3,(H2,28,37)/t10-,14+,18-,19-,22+,27+/m1/s1. The molecule has 0 unspecified atom stereocenters. The number of carbonyl (C=O) groups is 3. The van der Waals surface area contributed by atoms with Crippen LogP contribution in [-0.2, 0) is 9.59 Å². The molecule has 0 bridgehead atoms. The van der Waals surface area contributed by atoms with E-state index < -0.39 is 75.6 Å². The van der Waals surface area contributed by atoms with Crippen LogP contribution in [0.15, 0.2) is 34.8 Å². The van der Waals surface area contributed by atoms with Gasteiger partial charge in [0.25, 0.3) is 5.91 Å². The number of anilines is 1. The van der Waals surface area contributed by atoms with Crippen molar-refractivity contribution in [3.63, 3.8) is 0 Å². The summed E-state index contributed by atoms with van der Waals surface area (Å²) in [6.07, 6.45) is 2.35. The summed E-state index contributed by atoms with van der Waals surface area (Å²) in [6, 6.07) is 2.22. The molecular weight excluding hydrogens is 494 g/mol. The first-order valence-electron chi connectivity index (χ1n) is 12.8. The van der Waals surface area contributed by atoms with Crippen molar-refractivity contribution in [2.45, 2.75) is 62.3 Å². The molecule has 4 aliphatic carbocycles. The number of aliphatic hydroxyl groups excluding tert-OH is 3. The maximum atomic E-state index is 13.9. The van der Waals surface area contributed by atoms with Crippen LogP contribution in [-0.4, -0.2) is 85.8 Å². The quantitative estimate of drug-likeness (QED) is 0.219. The summed E-state index contributed by atoms with van der Waals surface area (Å²) in [5.74, 6) is -8.87. The first-order chi connectivity index (χ1) is 17.8. The van der Waals surface area contributed by atoms with Crippen molar-refractivity contribution in [3.8, 4) is 5.75 Å². The SMILES string of the molecule is C[C@@H]1c2ccc(NC3CCCC3)c(O)c2C(=O)C2=C(O)[C@]3(O)C(=O)C(C(N)=O)=C(O)[C@H](N(C)C)[C@@H]3[C@@H](O)[C@H]21. The third kappa shape index (κ3) is 3.35. The Bertz CT molecular complexity index is 1310. The number of phenolic OH excluding ortho intramolecular Hbond substituents is 1. The van der Waals surface area contributed by atoms with Crippen LogP contribution in [0.5, 0.6) is 5.75 Å². The summed E-state index contributed by atoms with van der Waals surface area (Å²) in [5.41, 5.74) is 1.80. The molecule has 0 radical (unpaired) electrons. The fraction of sp³-hybridized carbons (Fsp3) is 0.519. The van der Waals surface area contributed by atoms with Gasteiger partial charge < -0.3 is 36.6 Å². The molecule has 8 N–H and O–H groups in total. The van der Waals surface area contributed by atoms with Crippen molar-refractivity contribution in [2.75, 3.05) is 19.4 Å². The van der Waals surface area contributed by atoms with E-state index in [4.69, 9.17) is 5.73 Å². The summed E-state index contributed by atoms with van der Waals surface area (Å²) in [7, 11) is 3.00. The predicted molar refractivity (Wildman–Crippen MR) is 136 cm³/mol. The van der Waals surface area contributed by atoms with Gasteiger partial charge in [0.1, 0.15) is 22.8 Å². The molecule has 1 aromatic carbocycles. The molecule has 0 aliphatic heterocycles. The molecule has 0 spiro atoms. The molecule has 0 heterocycles. The average molecular weight is 528 g/mol. The van der Waals surface area contributed by atoms with Crippen LogP contribution in [0.25, 0.3) is 0 Å². The smallest absolute Gasteiger partial charge is 0.255 e. The van der Waals surface area contributed by atoms with E-state index in [1.54, 1.807) is 19.1 Å². The Hall–Kier alpha value is -3.41. The number of nitrogens with zero attached hydrogens (tertiary/aromatic N) is 1. The second-order valence-corrected chi connectivity index (χ2v) is 11.1. The van der Waals surface area contributed by atoms with E-state index in [0.717, 1.165) is 25.7 Å². The highest BCUT2D eigenvalue weighted by molar-refractivity contribution is 6.25. The summed E-state index contributed by atoms with van der Waals surface area (Å²) in [6.45, 7) is 1.71. The third-order valence-corrected chi connectivity index (χ3v) is 8.85. The molecule has 4 aliphatic rings. The lowest BCUT2D eigenvalue weighted by Gasteiger charge is -2.53. The molecule has 0 saturated heterocycles. The Morgan fingerprint density at radius 1 is 1.13 bits per heavy atom. The molecule has 11 nitrogen and oxygen atoms in total. The van der Waals surface area contributed by atoms with Crippen molar-refractivity contribution >= 4 is 23.2 Å². The molecule has 38 heavy (non-hydrogen) atoms. The molecule has 204 valence electrons. The molecule has 1 aromatic rings. The number of hydrogen-bond donors (Lipinski definition) is 7. The van der Waals surface area contributed by atoms with E-state index in [9.17, 15) is 39.9 Å². The number of nitrogens with two attached hydrogens (primary N) is 1. The monoisotopic (exact) mass is 527 g/mol. The van der Waals surface area contributed by atoms with Crippen LogP contribution >= 0.6 is 0 Å². The van der Waals surface area contributed by atoms with E-state index in [0.29, 0.717) is 11.3 Å². The fourth-order valence-electron chi connectivity index (χ4n) is 7.03. The zero-order chi connectivity index (χ0) is 27.8. The van der Waals surface area contributed by atoms with Gasteiger partial charge in [0.05, 0.1) is 29.3 Å². The number of rotatable bonds is 4. The van der Waals surface area contributed by atoms with Crippen LogP contribution in [0.4, 0.5) is 5.69 Å². The Balaban J connectivity index is 1.71. The zero-order valence-electron chi connectivity index (χ0n) is 21.4. The highest BCUT2D eigenvalue weighted by atomic mass is 16.4. The first kappa shape index (κ1) is 26.2. The maximum Gasteiger partial charge on any atom is 0.255 e. The highest BCUT2D eigenvalue weighted by Gasteiger charge is 2.67. The topological polar surface area (TPSA) is 194 Å². The molecule has 1 fully saturated rings. The number of ketones is 2. The molecule has 1 saturated carbocycles. The number of carbonyl (C=O) groups excluding carboxylic acids is 3. The summed E-state index contributed by atoms with van der Waals surface area (Å²) in [5, 5.41) is 60.1. The van der Waals surface area contributed by atoms with Gasteiger partial charge in [0.2, 0.25) is 5.78 Å². The zero-order valence-corrected chi connectivity index (χ0v) is 21.4. The van der Waals surface area contributed by atoms with Crippen molar-refractivity contribution in [3.05, 3.63) is 45.9 Å². The van der Waals surface area contributed by atoms with E-state index in [2.05, 4.69) is 5.32 Å². The Morgan fingerprint density at radius 3 is 2.34 bits per heavy atom. The number of aliphatic hydroxyl groups is 4. The van der Waals surface area contributed by atoms with Crippen LogP contribution in [0.2, 0.25) is 0 Å².